The second-order valence-corrected chi connectivity index (χ2v) is 6.34. The predicted molar refractivity (Wildman–Crippen MR) is 97.1 cm³/mol. The Kier molecular flexibility index (Phi) is 4.71. The molecule has 0 N–H and O–H groups in total. The highest BCUT2D eigenvalue weighted by Gasteiger charge is 2.20. The van der Waals surface area contributed by atoms with Crippen LogP contribution < -0.4 is 4.90 Å². The molecule has 0 heterocycles. The minimum Gasteiger partial charge on any atom is -0.501 e. The Balaban J connectivity index is 1.99. The monoisotopic (exact) mass is 307 g/mol. The molecule has 0 spiro atoms. The zero-order valence-corrected chi connectivity index (χ0v) is 14.3. The molecule has 3 rings (SSSR count). The van der Waals surface area contributed by atoms with Crippen molar-refractivity contribution in [1.82, 2.24) is 0 Å². The van der Waals surface area contributed by atoms with Crippen LogP contribution in [-0.4, -0.2) is 7.11 Å². The molecule has 2 aliphatic carbocycles. The van der Waals surface area contributed by atoms with Gasteiger partial charge in [-0.15, -0.1) is 0 Å². The lowest BCUT2D eigenvalue weighted by atomic mass is 10.00. The lowest BCUT2D eigenvalue weighted by Crippen LogP contribution is -2.24. The number of nitrogens with zero attached hydrogens (tertiary/aromatic N) is 1. The number of benzene rings is 1. The van der Waals surface area contributed by atoms with Crippen molar-refractivity contribution in [2.24, 2.45) is 0 Å². The zero-order chi connectivity index (χ0) is 16.2. The first-order valence-electron chi connectivity index (χ1n) is 8.34. The molecular formula is C21H25NO. The van der Waals surface area contributed by atoms with Crippen LogP contribution in [0.1, 0.15) is 38.2 Å². The number of aryl methyl sites for hydroxylation is 1. The fourth-order valence-electron chi connectivity index (χ4n) is 3.09. The molecule has 23 heavy (non-hydrogen) atoms. The maximum Gasteiger partial charge on any atom is 0.0959 e. The fraction of sp³-hybridized carbons (Fsp3) is 0.333. The molecule has 0 unspecified atom stereocenters. The van der Waals surface area contributed by atoms with Gasteiger partial charge in [0.15, 0.2) is 0 Å². The van der Waals surface area contributed by atoms with Crippen molar-refractivity contribution < 1.29 is 4.74 Å². The van der Waals surface area contributed by atoms with E-state index in [1.165, 1.54) is 28.2 Å². The summed E-state index contributed by atoms with van der Waals surface area (Å²) in [7, 11) is 1.75. The van der Waals surface area contributed by atoms with Gasteiger partial charge in [0.2, 0.25) is 0 Å². The van der Waals surface area contributed by atoms with Crippen molar-refractivity contribution in [1.29, 1.82) is 0 Å². The van der Waals surface area contributed by atoms with E-state index in [0.717, 1.165) is 31.4 Å². The Labute approximate surface area is 139 Å². The second kappa shape index (κ2) is 6.91. The van der Waals surface area contributed by atoms with Gasteiger partial charge in [-0.25, -0.2) is 0 Å². The summed E-state index contributed by atoms with van der Waals surface area (Å²) in [6.45, 7) is 4.34. The molecule has 0 aromatic heterocycles. The van der Waals surface area contributed by atoms with E-state index in [1.54, 1.807) is 7.11 Å². The summed E-state index contributed by atoms with van der Waals surface area (Å²) in [4.78, 5) is 2.42. The smallest absolute Gasteiger partial charge is 0.0959 e. The Hall–Kier alpha value is -2.22. The minimum atomic E-state index is 0.965. The van der Waals surface area contributed by atoms with Crippen molar-refractivity contribution in [3.63, 3.8) is 0 Å². The molecule has 0 fully saturated rings. The maximum absolute atomic E-state index is 5.37. The highest BCUT2D eigenvalue weighted by Crippen LogP contribution is 2.34. The maximum atomic E-state index is 5.37. The topological polar surface area (TPSA) is 12.5 Å². The second-order valence-electron chi connectivity index (χ2n) is 6.34. The van der Waals surface area contributed by atoms with E-state index >= 15 is 0 Å². The summed E-state index contributed by atoms with van der Waals surface area (Å²) in [5.41, 5.74) is 6.71. The van der Waals surface area contributed by atoms with Gasteiger partial charge in [0, 0.05) is 23.5 Å². The molecule has 2 nitrogen and oxygen atoms in total. The molecule has 0 amide bonds. The third-order valence-corrected chi connectivity index (χ3v) is 4.55. The Morgan fingerprint density at radius 3 is 1.96 bits per heavy atom. The number of hydrogen-bond donors (Lipinski definition) is 0. The van der Waals surface area contributed by atoms with Crippen molar-refractivity contribution >= 4 is 5.69 Å². The van der Waals surface area contributed by atoms with E-state index < -0.39 is 0 Å². The highest BCUT2D eigenvalue weighted by molar-refractivity contribution is 5.60. The summed E-state index contributed by atoms with van der Waals surface area (Å²) >= 11 is 0. The lowest BCUT2D eigenvalue weighted by Gasteiger charge is -2.33. The number of methoxy groups -OCH3 is 1. The molecule has 1 aromatic carbocycles. The fourth-order valence-corrected chi connectivity index (χ4v) is 3.09. The van der Waals surface area contributed by atoms with Gasteiger partial charge in [0.05, 0.1) is 12.9 Å². The summed E-state index contributed by atoms with van der Waals surface area (Å²) in [5, 5.41) is 0. The van der Waals surface area contributed by atoms with Crippen molar-refractivity contribution in [2.45, 2.75) is 39.5 Å². The third-order valence-electron chi connectivity index (χ3n) is 4.55. The average Bonchev–Trinajstić information content (AvgIpc) is 2.59. The standard InChI is InChI=1S/C21H25NO/c1-16-4-8-18(9-5-16)22(19-10-6-17(2)7-11-19)20-12-14-21(23-3)15-13-20/h4-6,8-10,12,14H,7,11,13,15H2,1-3H3. The number of rotatable bonds is 4. The first-order valence-corrected chi connectivity index (χ1v) is 8.34. The largest absolute Gasteiger partial charge is 0.501 e. The molecule has 0 aliphatic heterocycles. The molecule has 0 radical (unpaired) electrons. The molecule has 0 bridgehead atoms. The van der Waals surface area contributed by atoms with Gasteiger partial charge < -0.3 is 9.64 Å². The first-order chi connectivity index (χ1) is 11.2. The van der Waals surface area contributed by atoms with E-state index in [-0.39, 0.29) is 0 Å². The normalized spacial score (nSPS) is 17.7. The molecule has 0 saturated carbocycles. The molecular weight excluding hydrogens is 282 g/mol. The van der Waals surface area contributed by atoms with Crippen LogP contribution >= 0.6 is 0 Å². The van der Waals surface area contributed by atoms with Gasteiger partial charge >= 0.3 is 0 Å². The summed E-state index contributed by atoms with van der Waals surface area (Å²) in [5.74, 6) is 1.06. The molecule has 0 saturated heterocycles. The molecule has 2 heteroatoms. The van der Waals surface area contributed by atoms with Crippen LogP contribution in [0.15, 0.2) is 71.3 Å². The van der Waals surface area contributed by atoms with Gasteiger partial charge in [-0.2, -0.15) is 0 Å². The highest BCUT2D eigenvalue weighted by atomic mass is 16.5. The molecule has 120 valence electrons. The van der Waals surface area contributed by atoms with E-state index in [0.29, 0.717) is 0 Å². The SMILES string of the molecule is COC1=CC=C(N(C2=CC=C(C)CC2)c2ccc(C)cc2)CC1. The summed E-state index contributed by atoms with van der Waals surface area (Å²) < 4.78 is 5.37. The van der Waals surface area contributed by atoms with E-state index in [1.807, 2.05) is 0 Å². The first kappa shape index (κ1) is 15.7. The van der Waals surface area contributed by atoms with Gasteiger partial charge in [0.1, 0.15) is 0 Å². The molecule has 2 aliphatic rings. The van der Waals surface area contributed by atoms with E-state index in [2.05, 4.69) is 67.3 Å². The minimum absolute atomic E-state index is 0.965. The van der Waals surface area contributed by atoms with Gasteiger partial charge in [-0.3, -0.25) is 0 Å². The number of hydrogen-bond acceptors (Lipinski definition) is 2. The Bertz CT molecular complexity index is 689. The van der Waals surface area contributed by atoms with Gasteiger partial charge in [-0.1, -0.05) is 29.3 Å². The van der Waals surface area contributed by atoms with Crippen LogP contribution in [0.25, 0.3) is 0 Å². The van der Waals surface area contributed by atoms with Crippen LogP contribution in [0, 0.1) is 6.92 Å². The zero-order valence-electron chi connectivity index (χ0n) is 14.3. The van der Waals surface area contributed by atoms with Crippen molar-refractivity contribution in [2.75, 3.05) is 12.0 Å². The summed E-state index contributed by atoms with van der Waals surface area (Å²) in [6, 6.07) is 8.81. The average molecular weight is 307 g/mol. The lowest BCUT2D eigenvalue weighted by molar-refractivity contribution is 0.275. The van der Waals surface area contributed by atoms with Crippen LogP contribution in [0.2, 0.25) is 0 Å². The van der Waals surface area contributed by atoms with Crippen LogP contribution in [0.4, 0.5) is 5.69 Å². The number of allylic oxidation sites excluding steroid dienone is 8. The van der Waals surface area contributed by atoms with E-state index in [9.17, 15) is 0 Å². The quantitative estimate of drug-likeness (QED) is 0.714. The number of ether oxygens (including phenoxy) is 1. The van der Waals surface area contributed by atoms with Crippen LogP contribution in [0.3, 0.4) is 0 Å². The van der Waals surface area contributed by atoms with Crippen LogP contribution in [0.5, 0.6) is 0 Å². The third kappa shape index (κ3) is 3.58. The Morgan fingerprint density at radius 1 is 0.783 bits per heavy atom. The summed E-state index contributed by atoms with van der Waals surface area (Å²) in [6.07, 6.45) is 13.0. The van der Waals surface area contributed by atoms with Gasteiger partial charge in [-0.05, 0) is 63.5 Å². The Morgan fingerprint density at radius 2 is 1.43 bits per heavy atom. The van der Waals surface area contributed by atoms with E-state index in [4.69, 9.17) is 4.74 Å². The number of anilines is 1. The van der Waals surface area contributed by atoms with Crippen LogP contribution in [-0.2, 0) is 4.74 Å². The predicted octanol–water partition coefficient (Wildman–Crippen LogP) is 5.63. The van der Waals surface area contributed by atoms with Crippen molar-refractivity contribution in [3.05, 3.63) is 76.9 Å². The molecule has 1 aromatic rings. The van der Waals surface area contributed by atoms with Crippen molar-refractivity contribution in [3.8, 4) is 0 Å². The molecule has 0 atom stereocenters. The van der Waals surface area contributed by atoms with Gasteiger partial charge in [0.25, 0.3) is 0 Å².